The molecule has 1 N–H and O–H groups in total. The summed E-state index contributed by atoms with van der Waals surface area (Å²) in [7, 11) is 0. The van der Waals surface area contributed by atoms with E-state index in [1.54, 1.807) is 0 Å². The van der Waals surface area contributed by atoms with Crippen LogP contribution in [0.15, 0.2) is 24.3 Å². The van der Waals surface area contributed by atoms with E-state index in [4.69, 9.17) is 4.74 Å². The third kappa shape index (κ3) is 2.65. The van der Waals surface area contributed by atoms with Crippen LogP contribution in [0, 0.1) is 10.1 Å². The summed E-state index contributed by atoms with van der Waals surface area (Å²) >= 11 is 0. The van der Waals surface area contributed by atoms with Crippen LogP contribution in [-0.2, 0) is 4.74 Å². The van der Waals surface area contributed by atoms with Gasteiger partial charge in [0.1, 0.15) is 6.10 Å². The van der Waals surface area contributed by atoms with E-state index in [0.29, 0.717) is 12.8 Å². The molecule has 18 heavy (non-hydrogen) atoms. The van der Waals surface area contributed by atoms with Crippen molar-refractivity contribution in [3.05, 3.63) is 39.9 Å². The molecule has 1 aromatic rings. The van der Waals surface area contributed by atoms with Gasteiger partial charge in [-0.1, -0.05) is 0 Å². The molecule has 0 bridgehead atoms. The molecule has 1 aliphatic rings. The van der Waals surface area contributed by atoms with Crippen molar-refractivity contribution in [2.24, 2.45) is 0 Å². The highest BCUT2D eigenvalue weighted by Crippen LogP contribution is 2.23. The fraction of sp³-hybridized carbons (Fsp3) is 0.417. The molecule has 1 saturated carbocycles. The van der Waals surface area contributed by atoms with Crippen molar-refractivity contribution in [3.63, 3.8) is 0 Å². The Labute approximate surface area is 103 Å². The lowest BCUT2D eigenvalue weighted by atomic mass is 10.2. The van der Waals surface area contributed by atoms with Crippen LogP contribution in [-0.4, -0.2) is 28.2 Å². The van der Waals surface area contributed by atoms with Gasteiger partial charge in [-0.15, -0.1) is 0 Å². The Morgan fingerprint density at radius 3 is 2.50 bits per heavy atom. The number of nitro benzene ring substituents is 1. The molecule has 0 spiro atoms. The summed E-state index contributed by atoms with van der Waals surface area (Å²) in [6.07, 6.45) is 1.05. The molecule has 96 valence electrons. The van der Waals surface area contributed by atoms with Gasteiger partial charge in [0.2, 0.25) is 0 Å². The van der Waals surface area contributed by atoms with Crippen LogP contribution in [0.2, 0.25) is 0 Å². The predicted molar refractivity (Wildman–Crippen MR) is 62.2 cm³/mol. The number of esters is 1. The molecule has 6 heteroatoms. The zero-order chi connectivity index (χ0) is 13.1. The number of non-ortho nitro benzene ring substituents is 1. The van der Waals surface area contributed by atoms with E-state index in [1.165, 1.54) is 24.3 Å². The number of ether oxygens (including phenoxy) is 1. The lowest BCUT2D eigenvalue weighted by Crippen LogP contribution is -2.25. The van der Waals surface area contributed by atoms with E-state index in [-0.39, 0.29) is 11.3 Å². The molecule has 2 rings (SSSR count). The number of nitrogens with zero attached hydrogens (tertiary/aromatic N) is 1. The van der Waals surface area contributed by atoms with E-state index in [0.717, 1.165) is 6.42 Å². The number of aliphatic hydroxyl groups is 1. The number of carbonyl (C=O) groups excluding carboxylic acids is 1. The van der Waals surface area contributed by atoms with Gasteiger partial charge in [-0.05, 0) is 31.4 Å². The molecule has 0 saturated heterocycles. The fourth-order valence-corrected chi connectivity index (χ4v) is 1.97. The molecule has 0 heterocycles. The van der Waals surface area contributed by atoms with E-state index in [2.05, 4.69) is 0 Å². The number of carbonyl (C=O) groups is 1. The molecule has 6 nitrogen and oxygen atoms in total. The van der Waals surface area contributed by atoms with Gasteiger partial charge in [-0.3, -0.25) is 10.1 Å². The van der Waals surface area contributed by atoms with Crippen LogP contribution in [0.5, 0.6) is 0 Å². The van der Waals surface area contributed by atoms with Gasteiger partial charge >= 0.3 is 5.97 Å². The average Bonchev–Trinajstić information content (AvgIpc) is 2.75. The lowest BCUT2D eigenvalue weighted by Gasteiger charge is -2.15. The van der Waals surface area contributed by atoms with E-state index >= 15 is 0 Å². The Balaban J connectivity index is 2.02. The molecule has 0 amide bonds. The minimum Gasteiger partial charge on any atom is -0.456 e. The molecule has 0 unspecified atom stereocenters. The second-order valence-electron chi connectivity index (χ2n) is 4.25. The zero-order valence-electron chi connectivity index (χ0n) is 9.61. The van der Waals surface area contributed by atoms with Crippen molar-refractivity contribution < 1.29 is 19.6 Å². The summed E-state index contributed by atoms with van der Waals surface area (Å²) in [4.78, 5) is 21.7. The zero-order valence-corrected chi connectivity index (χ0v) is 9.61. The topological polar surface area (TPSA) is 89.7 Å². The molecule has 1 aromatic carbocycles. The molecule has 0 aliphatic heterocycles. The SMILES string of the molecule is O=C(O[C@H]1CCC[C@H]1O)c1ccc([N+](=O)[O-])cc1. The van der Waals surface area contributed by atoms with Crippen molar-refractivity contribution in [1.29, 1.82) is 0 Å². The summed E-state index contributed by atoms with van der Waals surface area (Å²) in [5.41, 5.74) is 0.173. The van der Waals surface area contributed by atoms with Crippen LogP contribution >= 0.6 is 0 Å². The van der Waals surface area contributed by atoms with Gasteiger partial charge in [0, 0.05) is 12.1 Å². The molecule has 2 atom stereocenters. The maximum atomic E-state index is 11.7. The largest absolute Gasteiger partial charge is 0.456 e. The van der Waals surface area contributed by atoms with Crippen LogP contribution in [0.4, 0.5) is 5.69 Å². The highest BCUT2D eigenvalue weighted by molar-refractivity contribution is 5.89. The first kappa shape index (κ1) is 12.5. The number of rotatable bonds is 3. The van der Waals surface area contributed by atoms with Gasteiger partial charge in [-0.25, -0.2) is 4.79 Å². The van der Waals surface area contributed by atoms with E-state index < -0.39 is 23.1 Å². The Kier molecular flexibility index (Phi) is 3.57. The van der Waals surface area contributed by atoms with Gasteiger partial charge in [0.25, 0.3) is 5.69 Å². The number of nitro groups is 1. The number of aliphatic hydroxyl groups excluding tert-OH is 1. The smallest absolute Gasteiger partial charge is 0.338 e. The van der Waals surface area contributed by atoms with Crippen LogP contribution in [0.25, 0.3) is 0 Å². The van der Waals surface area contributed by atoms with E-state index in [1.807, 2.05) is 0 Å². The fourth-order valence-electron chi connectivity index (χ4n) is 1.97. The summed E-state index contributed by atoms with van der Waals surface area (Å²) in [6.45, 7) is 0. The van der Waals surface area contributed by atoms with Crippen LogP contribution in [0.3, 0.4) is 0 Å². The normalized spacial score (nSPS) is 22.7. The highest BCUT2D eigenvalue weighted by atomic mass is 16.6. The maximum Gasteiger partial charge on any atom is 0.338 e. The summed E-state index contributed by atoms with van der Waals surface area (Å²) in [6, 6.07) is 5.20. The van der Waals surface area contributed by atoms with Gasteiger partial charge in [0.05, 0.1) is 16.6 Å². The van der Waals surface area contributed by atoms with Gasteiger partial charge in [0.15, 0.2) is 0 Å². The summed E-state index contributed by atoms with van der Waals surface area (Å²) in [5, 5.41) is 20.0. The van der Waals surface area contributed by atoms with Crippen molar-refractivity contribution in [2.75, 3.05) is 0 Å². The van der Waals surface area contributed by atoms with Crippen LogP contribution in [0.1, 0.15) is 29.6 Å². The van der Waals surface area contributed by atoms with Crippen molar-refractivity contribution in [2.45, 2.75) is 31.5 Å². The Morgan fingerprint density at radius 1 is 1.33 bits per heavy atom. The number of benzene rings is 1. The Morgan fingerprint density at radius 2 is 2.00 bits per heavy atom. The Bertz CT molecular complexity index is 456. The third-order valence-electron chi connectivity index (χ3n) is 2.99. The number of hydrogen-bond donors (Lipinski definition) is 1. The van der Waals surface area contributed by atoms with Crippen molar-refractivity contribution in [1.82, 2.24) is 0 Å². The minimum atomic E-state index is -0.605. The van der Waals surface area contributed by atoms with Crippen molar-refractivity contribution in [3.8, 4) is 0 Å². The highest BCUT2D eigenvalue weighted by Gasteiger charge is 2.29. The quantitative estimate of drug-likeness (QED) is 0.501. The molecule has 0 aromatic heterocycles. The minimum absolute atomic E-state index is 0.0764. The molecule has 1 fully saturated rings. The van der Waals surface area contributed by atoms with Gasteiger partial charge in [-0.2, -0.15) is 0 Å². The second kappa shape index (κ2) is 5.14. The summed E-state index contributed by atoms with van der Waals surface area (Å²) < 4.78 is 5.15. The van der Waals surface area contributed by atoms with Crippen LogP contribution < -0.4 is 0 Å². The molecular weight excluding hydrogens is 238 g/mol. The molecule has 1 aliphatic carbocycles. The monoisotopic (exact) mass is 251 g/mol. The first-order valence-electron chi connectivity index (χ1n) is 5.71. The maximum absolute atomic E-state index is 11.7. The predicted octanol–water partition coefficient (Wildman–Crippen LogP) is 1.66. The third-order valence-corrected chi connectivity index (χ3v) is 2.99. The number of hydrogen-bond acceptors (Lipinski definition) is 5. The Hall–Kier alpha value is -1.95. The first-order chi connectivity index (χ1) is 8.58. The lowest BCUT2D eigenvalue weighted by molar-refractivity contribution is -0.384. The molecule has 0 radical (unpaired) electrons. The summed E-state index contributed by atoms with van der Waals surface area (Å²) in [5.74, 6) is -0.559. The second-order valence-corrected chi connectivity index (χ2v) is 4.25. The first-order valence-corrected chi connectivity index (χ1v) is 5.71. The van der Waals surface area contributed by atoms with Gasteiger partial charge < -0.3 is 9.84 Å². The average molecular weight is 251 g/mol. The standard InChI is InChI=1S/C12H13NO5/c14-10-2-1-3-11(10)18-12(15)8-4-6-9(7-5-8)13(16)17/h4-7,10-11,14H,1-3H2/t10-,11+/m1/s1. The van der Waals surface area contributed by atoms with E-state index in [9.17, 15) is 20.0 Å². The van der Waals surface area contributed by atoms with Crippen molar-refractivity contribution >= 4 is 11.7 Å². The molecular formula is C12H13NO5.